The Morgan fingerprint density at radius 1 is 1.07 bits per heavy atom. The van der Waals surface area contributed by atoms with E-state index in [9.17, 15) is 4.79 Å². The van der Waals surface area contributed by atoms with E-state index in [2.05, 4.69) is 15.3 Å². The molecule has 6 nitrogen and oxygen atoms in total. The van der Waals surface area contributed by atoms with Crippen LogP contribution in [0.4, 0.5) is 5.69 Å². The molecule has 3 rings (SSSR count). The standard InChI is InChI=1S/C20H18ClN3O3/c1-12-16(20(25)24-17-10-14(21)6-9-18(17)27-3)11-22-19(23-12)13-4-7-15(26-2)8-5-13/h4-11H,1-3H3,(H,24,25). The summed E-state index contributed by atoms with van der Waals surface area (Å²) in [6, 6.07) is 12.4. The number of ether oxygens (including phenoxy) is 2. The lowest BCUT2D eigenvalue weighted by molar-refractivity contribution is 0.102. The highest BCUT2D eigenvalue weighted by atomic mass is 35.5. The average molecular weight is 384 g/mol. The lowest BCUT2D eigenvalue weighted by atomic mass is 10.1. The fraction of sp³-hybridized carbons (Fsp3) is 0.150. The van der Waals surface area contributed by atoms with Crippen LogP contribution in [0.25, 0.3) is 11.4 Å². The van der Waals surface area contributed by atoms with Crippen LogP contribution < -0.4 is 14.8 Å². The van der Waals surface area contributed by atoms with Crippen LogP contribution in [0.15, 0.2) is 48.7 Å². The maximum absolute atomic E-state index is 12.6. The summed E-state index contributed by atoms with van der Waals surface area (Å²) >= 11 is 6.00. The second kappa shape index (κ2) is 8.05. The molecule has 3 aromatic rings. The molecule has 0 fully saturated rings. The molecule has 1 amide bonds. The summed E-state index contributed by atoms with van der Waals surface area (Å²) in [5.74, 6) is 1.46. The highest BCUT2D eigenvalue weighted by Crippen LogP contribution is 2.28. The average Bonchev–Trinajstić information content (AvgIpc) is 2.68. The van der Waals surface area contributed by atoms with E-state index < -0.39 is 0 Å². The zero-order valence-corrected chi connectivity index (χ0v) is 15.9. The normalized spacial score (nSPS) is 10.4. The molecular formula is C20H18ClN3O3. The topological polar surface area (TPSA) is 73.3 Å². The molecule has 0 aliphatic carbocycles. The van der Waals surface area contributed by atoms with Gasteiger partial charge in [-0.25, -0.2) is 9.97 Å². The molecule has 0 aliphatic rings. The highest BCUT2D eigenvalue weighted by Gasteiger charge is 2.15. The van der Waals surface area contributed by atoms with E-state index in [1.165, 1.54) is 13.3 Å². The minimum absolute atomic E-state index is 0.339. The molecule has 1 heterocycles. The second-order valence-electron chi connectivity index (χ2n) is 5.72. The van der Waals surface area contributed by atoms with E-state index in [1.54, 1.807) is 32.2 Å². The zero-order valence-electron chi connectivity index (χ0n) is 15.1. The predicted molar refractivity (Wildman–Crippen MR) is 105 cm³/mol. The van der Waals surface area contributed by atoms with Crippen molar-refractivity contribution in [3.05, 3.63) is 64.9 Å². The fourth-order valence-electron chi connectivity index (χ4n) is 2.54. The molecule has 2 aromatic carbocycles. The first-order valence-corrected chi connectivity index (χ1v) is 8.52. The summed E-state index contributed by atoms with van der Waals surface area (Å²) in [6.45, 7) is 1.76. The SMILES string of the molecule is COc1ccc(-c2ncc(C(=O)Nc3cc(Cl)ccc3OC)c(C)n2)cc1. The molecule has 0 radical (unpaired) electrons. The monoisotopic (exact) mass is 383 g/mol. The maximum atomic E-state index is 12.6. The molecule has 0 saturated heterocycles. The van der Waals surface area contributed by atoms with E-state index in [-0.39, 0.29) is 5.91 Å². The number of halogens is 1. The molecule has 0 saturated carbocycles. The summed E-state index contributed by atoms with van der Waals surface area (Å²) in [5, 5.41) is 3.28. The quantitative estimate of drug-likeness (QED) is 0.708. The molecule has 0 aliphatic heterocycles. The van der Waals surface area contributed by atoms with Gasteiger partial charge in [0.05, 0.1) is 31.2 Å². The molecule has 27 heavy (non-hydrogen) atoms. The number of rotatable bonds is 5. The van der Waals surface area contributed by atoms with Crippen LogP contribution in [0.2, 0.25) is 5.02 Å². The Bertz CT molecular complexity index is 975. The third-order valence-electron chi connectivity index (χ3n) is 3.98. The molecule has 7 heteroatoms. The van der Waals surface area contributed by atoms with Crippen molar-refractivity contribution in [3.63, 3.8) is 0 Å². The number of nitrogens with one attached hydrogen (secondary N) is 1. The Labute approximate surface area is 162 Å². The Hall–Kier alpha value is -3.12. The lowest BCUT2D eigenvalue weighted by Crippen LogP contribution is -2.15. The van der Waals surface area contributed by atoms with Gasteiger partial charge in [0.2, 0.25) is 0 Å². The maximum Gasteiger partial charge on any atom is 0.259 e. The van der Waals surface area contributed by atoms with Crippen molar-refractivity contribution in [1.82, 2.24) is 9.97 Å². The number of hydrogen-bond donors (Lipinski definition) is 1. The van der Waals surface area contributed by atoms with Gasteiger partial charge < -0.3 is 14.8 Å². The van der Waals surface area contributed by atoms with Gasteiger partial charge in [0.1, 0.15) is 11.5 Å². The number of benzene rings is 2. The van der Waals surface area contributed by atoms with Gasteiger partial charge in [-0.2, -0.15) is 0 Å². The van der Waals surface area contributed by atoms with E-state index in [0.717, 1.165) is 11.3 Å². The Morgan fingerprint density at radius 3 is 2.44 bits per heavy atom. The third-order valence-corrected chi connectivity index (χ3v) is 4.22. The minimum Gasteiger partial charge on any atom is -0.497 e. The molecular weight excluding hydrogens is 366 g/mol. The summed E-state index contributed by atoms with van der Waals surface area (Å²) in [6.07, 6.45) is 1.51. The van der Waals surface area contributed by atoms with Crippen molar-refractivity contribution in [1.29, 1.82) is 0 Å². The number of nitrogens with zero attached hydrogens (tertiary/aromatic N) is 2. The van der Waals surface area contributed by atoms with Gasteiger partial charge in [0.15, 0.2) is 5.82 Å². The largest absolute Gasteiger partial charge is 0.497 e. The Kier molecular flexibility index (Phi) is 5.57. The Morgan fingerprint density at radius 2 is 1.81 bits per heavy atom. The van der Waals surface area contributed by atoms with Crippen LogP contribution >= 0.6 is 11.6 Å². The number of carbonyl (C=O) groups excluding carboxylic acids is 1. The minimum atomic E-state index is -0.339. The Balaban J connectivity index is 1.85. The van der Waals surface area contributed by atoms with Crippen LogP contribution in [0.5, 0.6) is 11.5 Å². The van der Waals surface area contributed by atoms with E-state index >= 15 is 0 Å². The van der Waals surface area contributed by atoms with Gasteiger partial charge in [-0.1, -0.05) is 11.6 Å². The molecule has 138 valence electrons. The van der Waals surface area contributed by atoms with Crippen molar-refractivity contribution in [3.8, 4) is 22.9 Å². The van der Waals surface area contributed by atoms with Gasteiger partial charge in [0, 0.05) is 16.8 Å². The van der Waals surface area contributed by atoms with Gasteiger partial charge in [0.25, 0.3) is 5.91 Å². The van der Waals surface area contributed by atoms with Crippen LogP contribution in [0.1, 0.15) is 16.1 Å². The van der Waals surface area contributed by atoms with Crippen molar-refractivity contribution >= 4 is 23.2 Å². The smallest absolute Gasteiger partial charge is 0.259 e. The molecule has 0 atom stereocenters. The van der Waals surface area contributed by atoms with Crippen LogP contribution in [0.3, 0.4) is 0 Å². The molecule has 0 spiro atoms. The number of anilines is 1. The predicted octanol–water partition coefficient (Wildman–Crippen LogP) is 4.37. The van der Waals surface area contributed by atoms with Crippen molar-refractivity contribution < 1.29 is 14.3 Å². The van der Waals surface area contributed by atoms with Gasteiger partial charge in [-0.05, 0) is 49.4 Å². The van der Waals surface area contributed by atoms with Crippen molar-refractivity contribution in [2.75, 3.05) is 19.5 Å². The number of carbonyl (C=O) groups is 1. The summed E-state index contributed by atoms with van der Waals surface area (Å²) in [4.78, 5) is 21.4. The molecule has 0 bridgehead atoms. The molecule has 1 aromatic heterocycles. The zero-order chi connectivity index (χ0) is 19.4. The summed E-state index contributed by atoms with van der Waals surface area (Å²) < 4.78 is 10.4. The fourth-order valence-corrected chi connectivity index (χ4v) is 2.71. The summed E-state index contributed by atoms with van der Waals surface area (Å²) in [5.41, 5.74) is 2.25. The van der Waals surface area contributed by atoms with Crippen LogP contribution in [-0.4, -0.2) is 30.1 Å². The first-order chi connectivity index (χ1) is 13.0. The van der Waals surface area contributed by atoms with Crippen LogP contribution in [-0.2, 0) is 0 Å². The van der Waals surface area contributed by atoms with Crippen molar-refractivity contribution in [2.45, 2.75) is 6.92 Å². The number of aryl methyl sites for hydroxylation is 1. The number of aromatic nitrogens is 2. The lowest BCUT2D eigenvalue weighted by Gasteiger charge is -2.12. The first-order valence-electron chi connectivity index (χ1n) is 8.14. The summed E-state index contributed by atoms with van der Waals surface area (Å²) in [7, 11) is 3.13. The number of methoxy groups -OCH3 is 2. The third kappa shape index (κ3) is 4.17. The van der Waals surface area contributed by atoms with Gasteiger partial charge >= 0.3 is 0 Å². The first kappa shape index (κ1) is 18.7. The molecule has 0 unspecified atom stereocenters. The van der Waals surface area contributed by atoms with Crippen molar-refractivity contribution in [2.24, 2.45) is 0 Å². The van der Waals surface area contributed by atoms with Crippen LogP contribution in [0, 0.1) is 6.92 Å². The van der Waals surface area contributed by atoms with E-state index in [4.69, 9.17) is 21.1 Å². The number of amides is 1. The second-order valence-corrected chi connectivity index (χ2v) is 6.16. The molecule has 1 N–H and O–H groups in total. The number of hydrogen-bond acceptors (Lipinski definition) is 5. The van der Waals surface area contributed by atoms with Gasteiger partial charge in [-0.3, -0.25) is 4.79 Å². The van der Waals surface area contributed by atoms with E-state index in [0.29, 0.717) is 33.5 Å². The van der Waals surface area contributed by atoms with E-state index in [1.807, 2.05) is 24.3 Å². The van der Waals surface area contributed by atoms with Gasteiger partial charge in [-0.15, -0.1) is 0 Å². The highest BCUT2D eigenvalue weighted by molar-refractivity contribution is 6.31.